The standard InChI is InChI=1S/C13H16N.Li/c1-14(13-8-5-9-13)11-10-12-6-3-2-4-7-12;/h2-9,13H,10-11H2,1H3;. The van der Waals surface area contributed by atoms with Crippen molar-refractivity contribution in [3.05, 3.63) is 48.0 Å². The van der Waals surface area contributed by atoms with E-state index in [0.29, 0.717) is 6.04 Å². The van der Waals surface area contributed by atoms with E-state index in [-0.39, 0.29) is 0 Å². The molecule has 1 aromatic rings. The van der Waals surface area contributed by atoms with Gasteiger partial charge in [-0.25, -0.2) is 0 Å². The van der Waals surface area contributed by atoms with Gasteiger partial charge in [0.25, 0.3) is 0 Å². The molecule has 2 unspecified atom stereocenters. The number of hydrogen-bond donors (Lipinski definition) is 0. The Morgan fingerprint density at radius 2 is 1.93 bits per heavy atom. The van der Waals surface area contributed by atoms with Crippen LogP contribution >= 0.6 is 0 Å². The van der Waals surface area contributed by atoms with Gasteiger partial charge in [-0.15, -0.1) is 0 Å². The van der Waals surface area contributed by atoms with Gasteiger partial charge >= 0.3 is 101 Å². The minimum atomic E-state index is 0.661. The van der Waals surface area contributed by atoms with Crippen LogP contribution in [0.4, 0.5) is 0 Å². The van der Waals surface area contributed by atoms with Gasteiger partial charge in [-0.05, 0) is 0 Å². The molecule has 2 rings (SSSR count). The second-order valence-electron chi connectivity index (χ2n) is 4.45. The number of hydrogen-bond acceptors (Lipinski definition) is 1. The summed E-state index contributed by atoms with van der Waals surface area (Å²) in [6.45, 7) is 1.14. The Kier molecular flexibility index (Phi) is 3.70. The van der Waals surface area contributed by atoms with Crippen molar-refractivity contribution in [2.75, 3.05) is 13.6 Å². The molecular formula is C13H16LiN. The fourth-order valence-electron chi connectivity index (χ4n) is 2.08. The van der Waals surface area contributed by atoms with Gasteiger partial charge in [0, 0.05) is 0 Å². The van der Waals surface area contributed by atoms with Crippen LogP contribution < -0.4 is 0 Å². The molecule has 1 nitrogen and oxygen atoms in total. The third kappa shape index (κ3) is 2.75. The Hall–Kier alpha value is -0.483. The van der Waals surface area contributed by atoms with Crippen LogP contribution in [0.5, 0.6) is 0 Å². The second kappa shape index (κ2) is 5.03. The van der Waals surface area contributed by atoms with E-state index in [0.717, 1.165) is 17.6 Å². The van der Waals surface area contributed by atoms with Crippen molar-refractivity contribution in [2.45, 2.75) is 17.1 Å². The zero-order chi connectivity index (χ0) is 10.7. The van der Waals surface area contributed by atoms with Gasteiger partial charge < -0.3 is 0 Å². The van der Waals surface area contributed by atoms with Crippen molar-refractivity contribution in [3.8, 4) is 0 Å². The summed E-state index contributed by atoms with van der Waals surface area (Å²) < 4.78 is 0.728. The molecule has 0 fully saturated rings. The fourth-order valence-corrected chi connectivity index (χ4v) is 2.08. The molecule has 0 aliphatic heterocycles. The molecule has 0 spiro atoms. The van der Waals surface area contributed by atoms with Gasteiger partial charge in [0.1, 0.15) is 0 Å². The fraction of sp³-hybridized carbons (Fsp3) is 0.385. The molecule has 2 atom stereocenters. The zero-order valence-corrected chi connectivity index (χ0v) is 9.56. The quantitative estimate of drug-likeness (QED) is 0.522. The summed E-state index contributed by atoms with van der Waals surface area (Å²) in [5, 5.41) is 0. The number of benzene rings is 1. The molecule has 0 heterocycles. The summed E-state index contributed by atoms with van der Waals surface area (Å²) in [5.74, 6) is 0. The van der Waals surface area contributed by atoms with Crippen LogP contribution in [0.2, 0.25) is 4.59 Å². The van der Waals surface area contributed by atoms with Crippen LogP contribution in [0.25, 0.3) is 0 Å². The van der Waals surface area contributed by atoms with Crippen LogP contribution in [0.1, 0.15) is 5.56 Å². The van der Waals surface area contributed by atoms with E-state index in [1.807, 2.05) is 0 Å². The van der Waals surface area contributed by atoms with Gasteiger partial charge in [0.05, 0.1) is 0 Å². The summed E-state index contributed by atoms with van der Waals surface area (Å²) in [6.07, 6.45) is 5.73. The van der Waals surface area contributed by atoms with Crippen LogP contribution in [-0.4, -0.2) is 42.2 Å². The van der Waals surface area contributed by atoms with Crippen molar-refractivity contribution in [1.82, 2.24) is 4.90 Å². The second-order valence-corrected chi connectivity index (χ2v) is 4.45. The number of likely N-dealkylation sites (N-methyl/N-ethyl adjacent to an activating group) is 1. The van der Waals surface area contributed by atoms with E-state index in [2.05, 4.69) is 72.1 Å². The summed E-state index contributed by atoms with van der Waals surface area (Å²) in [4.78, 5) is 2.44. The summed E-state index contributed by atoms with van der Waals surface area (Å²) in [5.41, 5.74) is 1.43. The predicted octanol–water partition coefficient (Wildman–Crippen LogP) is 2.06. The van der Waals surface area contributed by atoms with E-state index in [4.69, 9.17) is 0 Å². The monoisotopic (exact) mass is 193 g/mol. The molecule has 0 amide bonds. The first-order valence-electron chi connectivity index (χ1n) is 5.70. The van der Waals surface area contributed by atoms with Gasteiger partial charge in [-0.1, -0.05) is 0 Å². The van der Waals surface area contributed by atoms with E-state index in [1.54, 1.807) is 0 Å². The van der Waals surface area contributed by atoms with E-state index in [1.165, 1.54) is 5.56 Å². The van der Waals surface area contributed by atoms with E-state index >= 15 is 0 Å². The molecule has 0 saturated heterocycles. The van der Waals surface area contributed by atoms with Crippen molar-refractivity contribution >= 4 is 17.7 Å². The normalized spacial score (nSPS) is 24.3. The summed E-state index contributed by atoms with van der Waals surface area (Å²) in [6, 6.07) is 11.4. The zero-order valence-electron chi connectivity index (χ0n) is 9.56. The average Bonchev–Trinajstić information content (AvgIpc) is 2.26. The van der Waals surface area contributed by atoms with Gasteiger partial charge in [-0.3, -0.25) is 0 Å². The first-order valence-corrected chi connectivity index (χ1v) is 5.70. The SMILES string of the molecule is [Li][CH]1C=CC1N(C)CCc1ccccc1. The molecule has 15 heavy (non-hydrogen) atoms. The molecule has 74 valence electrons. The van der Waals surface area contributed by atoms with Crippen molar-refractivity contribution in [1.29, 1.82) is 0 Å². The molecule has 1 aromatic carbocycles. The Morgan fingerprint density at radius 1 is 1.20 bits per heavy atom. The first-order chi connectivity index (χ1) is 7.27. The van der Waals surface area contributed by atoms with Gasteiger partial charge in [-0.2, -0.15) is 0 Å². The topological polar surface area (TPSA) is 3.24 Å². The maximum absolute atomic E-state index is 2.44. The third-order valence-electron chi connectivity index (χ3n) is 3.26. The molecule has 0 N–H and O–H groups in total. The number of rotatable bonds is 4. The Labute approximate surface area is 101 Å². The van der Waals surface area contributed by atoms with Gasteiger partial charge in [0.15, 0.2) is 0 Å². The predicted molar refractivity (Wildman–Crippen MR) is 65.2 cm³/mol. The summed E-state index contributed by atoms with van der Waals surface area (Å²) >= 11 is 2.28. The molecule has 2 heteroatoms. The molecule has 0 saturated carbocycles. The Bertz CT molecular complexity index is 334. The Balaban J connectivity index is 1.81. The van der Waals surface area contributed by atoms with E-state index in [9.17, 15) is 0 Å². The third-order valence-corrected chi connectivity index (χ3v) is 3.26. The van der Waals surface area contributed by atoms with Crippen LogP contribution in [0.15, 0.2) is 42.5 Å². The average molecular weight is 193 g/mol. The summed E-state index contributed by atoms with van der Waals surface area (Å²) in [7, 11) is 2.22. The minimum absolute atomic E-state index is 0.661. The molecule has 0 radical (unpaired) electrons. The molecule has 1 aliphatic carbocycles. The van der Waals surface area contributed by atoms with Crippen LogP contribution in [-0.2, 0) is 6.42 Å². The van der Waals surface area contributed by atoms with Crippen molar-refractivity contribution < 1.29 is 0 Å². The number of nitrogens with zero attached hydrogens (tertiary/aromatic N) is 1. The van der Waals surface area contributed by atoms with Crippen LogP contribution in [0.3, 0.4) is 0 Å². The molecule has 0 aromatic heterocycles. The van der Waals surface area contributed by atoms with Gasteiger partial charge in [0.2, 0.25) is 0 Å². The van der Waals surface area contributed by atoms with Crippen LogP contribution in [0, 0.1) is 0 Å². The Morgan fingerprint density at radius 3 is 2.47 bits per heavy atom. The van der Waals surface area contributed by atoms with E-state index < -0.39 is 0 Å². The van der Waals surface area contributed by atoms with Crippen molar-refractivity contribution in [2.24, 2.45) is 0 Å². The first kappa shape index (κ1) is 11.0. The molecule has 0 bridgehead atoms. The molecule has 1 aliphatic rings. The molecular weight excluding hydrogens is 177 g/mol. The maximum atomic E-state index is 2.44. The van der Waals surface area contributed by atoms with Crippen molar-refractivity contribution in [3.63, 3.8) is 0 Å².